The van der Waals surface area contributed by atoms with Gasteiger partial charge in [0.25, 0.3) is 0 Å². The molecule has 1 aromatic heterocycles. The standard InChI is InChI=1S/C37H49N7O3Si/c1-7-34(45)44-20-19-43(23-28(44)15-17-38)35-31-16-18-42(33-14-10-12-26-11-8-9-13-30(26)33)24-32(31)40-36(41-35)46-25-27-21-29(22-39-27)47-48(5,6)37(2,3)4/h7-14,27-29,39H,1,15-16,18-25H2,2-6H3/t27-,28?,29+/m0/s1. The minimum Gasteiger partial charge on any atom is -0.462 e. The van der Waals surface area contributed by atoms with Gasteiger partial charge in [0.1, 0.15) is 12.4 Å². The highest BCUT2D eigenvalue weighted by Crippen LogP contribution is 2.38. The molecule has 0 bridgehead atoms. The van der Waals surface area contributed by atoms with Gasteiger partial charge in [0.05, 0.1) is 36.9 Å². The highest BCUT2D eigenvalue weighted by atomic mass is 28.4. The number of benzene rings is 2. The van der Waals surface area contributed by atoms with Crippen LogP contribution in [0.1, 0.15) is 44.9 Å². The summed E-state index contributed by atoms with van der Waals surface area (Å²) in [5, 5.41) is 15.8. The molecule has 0 spiro atoms. The Bertz CT molecular complexity index is 1700. The molecule has 0 radical (unpaired) electrons. The number of nitrogens with zero attached hydrogens (tertiary/aromatic N) is 6. The van der Waals surface area contributed by atoms with Crippen molar-refractivity contribution in [3.05, 3.63) is 66.4 Å². The van der Waals surface area contributed by atoms with Gasteiger partial charge in [0.2, 0.25) is 5.91 Å². The van der Waals surface area contributed by atoms with E-state index in [1.807, 2.05) is 0 Å². The molecule has 3 atom stereocenters. The second-order valence-electron chi connectivity index (χ2n) is 14.8. The van der Waals surface area contributed by atoms with Crippen molar-refractivity contribution >= 4 is 36.5 Å². The molecule has 1 N–H and O–H groups in total. The minimum atomic E-state index is -1.87. The molecule has 0 saturated carbocycles. The molecule has 6 rings (SSSR count). The van der Waals surface area contributed by atoms with E-state index in [0.717, 1.165) is 43.0 Å². The van der Waals surface area contributed by atoms with E-state index < -0.39 is 8.32 Å². The van der Waals surface area contributed by atoms with Gasteiger partial charge in [-0.1, -0.05) is 63.7 Å². The summed E-state index contributed by atoms with van der Waals surface area (Å²) in [6.07, 6.45) is 3.40. The predicted molar refractivity (Wildman–Crippen MR) is 193 cm³/mol. The minimum absolute atomic E-state index is 0.142. The summed E-state index contributed by atoms with van der Waals surface area (Å²) in [4.78, 5) is 29.0. The Morgan fingerprint density at radius 3 is 2.69 bits per heavy atom. The zero-order chi connectivity index (χ0) is 34.1. The van der Waals surface area contributed by atoms with E-state index in [9.17, 15) is 10.1 Å². The third-order valence-electron chi connectivity index (χ3n) is 10.6. The lowest BCUT2D eigenvalue weighted by Gasteiger charge is -2.42. The summed E-state index contributed by atoms with van der Waals surface area (Å²) in [5.74, 6) is 0.703. The average Bonchev–Trinajstić information content (AvgIpc) is 3.52. The number of nitrogens with one attached hydrogen (secondary N) is 1. The molecule has 2 aromatic carbocycles. The number of hydrogen-bond donors (Lipinski definition) is 1. The monoisotopic (exact) mass is 667 g/mol. The Morgan fingerprint density at radius 2 is 1.92 bits per heavy atom. The number of anilines is 2. The zero-order valence-corrected chi connectivity index (χ0v) is 30.0. The third kappa shape index (κ3) is 7.07. The molecular formula is C37H49N7O3Si. The SMILES string of the molecule is C=CC(=O)N1CCN(c2nc(OC[C@@H]3C[C@@H](O[Si](C)(C)C(C)(C)C)CN3)nc3c2CCN(c2cccc4ccccc24)C3)CC1CC#N. The van der Waals surface area contributed by atoms with Gasteiger partial charge >= 0.3 is 6.01 Å². The molecule has 1 amide bonds. The number of carbonyl (C=O) groups is 1. The maximum Gasteiger partial charge on any atom is 0.318 e. The Morgan fingerprint density at radius 1 is 1.12 bits per heavy atom. The van der Waals surface area contributed by atoms with Gasteiger partial charge in [-0.3, -0.25) is 4.79 Å². The lowest BCUT2D eigenvalue weighted by atomic mass is 10.0. The number of aromatic nitrogens is 2. The van der Waals surface area contributed by atoms with Crippen LogP contribution in [0.5, 0.6) is 6.01 Å². The molecule has 0 aliphatic carbocycles. The second kappa shape index (κ2) is 13.9. The zero-order valence-electron chi connectivity index (χ0n) is 29.0. The van der Waals surface area contributed by atoms with Crippen LogP contribution in [-0.4, -0.2) is 86.6 Å². The third-order valence-corrected chi connectivity index (χ3v) is 15.1. The molecule has 2 fully saturated rings. The summed E-state index contributed by atoms with van der Waals surface area (Å²) in [6.45, 7) is 19.4. The second-order valence-corrected chi connectivity index (χ2v) is 19.5. The summed E-state index contributed by atoms with van der Waals surface area (Å²) >= 11 is 0. The van der Waals surface area contributed by atoms with Gasteiger partial charge in [-0.25, -0.2) is 0 Å². The van der Waals surface area contributed by atoms with Crippen LogP contribution in [-0.2, 0) is 22.2 Å². The highest BCUT2D eigenvalue weighted by molar-refractivity contribution is 6.74. The van der Waals surface area contributed by atoms with Crippen LogP contribution in [0, 0.1) is 11.3 Å². The van der Waals surface area contributed by atoms with Crippen molar-refractivity contribution < 1.29 is 14.0 Å². The first-order valence-electron chi connectivity index (χ1n) is 17.2. The fraction of sp³-hybridized carbons (Fsp3) is 0.514. The average molecular weight is 668 g/mol. The first-order chi connectivity index (χ1) is 23.0. The number of hydrogen-bond acceptors (Lipinski definition) is 9. The first kappa shape index (κ1) is 33.9. The molecule has 10 nitrogen and oxygen atoms in total. The van der Waals surface area contributed by atoms with Crippen LogP contribution in [0.15, 0.2) is 55.1 Å². The van der Waals surface area contributed by atoms with E-state index in [-0.39, 0.29) is 35.6 Å². The number of nitriles is 1. The molecule has 4 heterocycles. The van der Waals surface area contributed by atoms with Crippen LogP contribution in [0.25, 0.3) is 10.8 Å². The molecule has 1 unspecified atom stereocenters. The molecule has 2 saturated heterocycles. The maximum atomic E-state index is 12.6. The van der Waals surface area contributed by atoms with Gasteiger partial charge in [0.15, 0.2) is 8.32 Å². The van der Waals surface area contributed by atoms with Gasteiger partial charge < -0.3 is 29.2 Å². The molecular weight excluding hydrogens is 619 g/mol. The highest BCUT2D eigenvalue weighted by Gasteiger charge is 2.41. The Balaban J connectivity index is 1.25. The fourth-order valence-electron chi connectivity index (χ4n) is 6.91. The van der Waals surface area contributed by atoms with Crippen LogP contribution < -0.4 is 19.9 Å². The number of amides is 1. The molecule has 3 aliphatic heterocycles. The lowest BCUT2D eigenvalue weighted by Crippen LogP contribution is -2.55. The quantitative estimate of drug-likeness (QED) is 0.236. The van der Waals surface area contributed by atoms with Crippen molar-refractivity contribution in [2.45, 2.75) is 82.9 Å². The summed E-state index contributed by atoms with van der Waals surface area (Å²) in [6, 6.07) is 17.5. The molecule has 11 heteroatoms. The van der Waals surface area contributed by atoms with Crippen LogP contribution in [0.4, 0.5) is 11.5 Å². The Hall–Kier alpha value is -3.98. The number of ether oxygens (including phenoxy) is 1. The number of piperazine rings is 1. The van der Waals surface area contributed by atoms with E-state index >= 15 is 0 Å². The first-order valence-corrected chi connectivity index (χ1v) is 20.1. The Kier molecular flexibility index (Phi) is 9.79. The van der Waals surface area contributed by atoms with Gasteiger partial charge in [0, 0.05) is 55.4 Å². The van der Waals surface area contributed by atoms with E-state index in [1.165, 1.54) is 22.5 Å². The van der Waals surface area contributed by atoms with Crippen LogP contribution in [0.3, 0.4) is 0 Å². The van der Waals surface area contributed by atoms with Gasteiger partial charge in [-0.15, -0.1) is 0 Å². The van der Waals surface area contributed by atoms with Gasteiger partial charge in [-0.05, 0) is 48.5 Å². The summed E-state index contributed by atoms with van der Waals surface area (Å²) in [5.41, 5.74) is 3.25. The smallest absolute Gasteiger partial charge is 0.318 e. The van der Waals surface area contributed by atoms with E-state index in [2.05, 4.69) is 104 Å². The molecule has 48 heavy (non-hydrogen) atoms. The predicted octanol–water partition coefficient (Wildman–Crippen LogP) is 5.44. The van der Waals surface area contributed by atoms with Crippen molar-refractivity contribution in [1.82, 2.24) is 20.2 Å². The summed E-state index contributed by atoms with van der Waals surface area (Å²) in [7, 11) is -1.87. The van der Waals surface area contributed by atoms with Crippen LogP contribution >= 0.6 is 0 Å². The topological polar surface area (TPSA) is 107 Å². The van der Waals surface area contributed by atoms with E-state index in [1.54, 1.807) is 4.90 Å². The van der Waals surface area contributed by atoms with Crippen molar-refractivity contribution in [3.8, 4) is 12.1 Å². The van der Waals surface area contributed by atoms with E-state index in [0.29, 0.717) is 38.8 Å². The maximum absolute atomic E-state index is 12.6. The Labute approximate surface area is 285 Å². The molecule has 3 aliphatic rings. The number of rotatable bonds is 9. The molecule has 254 valence electrons. The van der Waals surface area contributed by atoms with Gasteiger partial charge in [-0.2, -0.15) is 15.2 Å². The van der Waals surface area contributed by atoms with Crippen molar-refractivity contribution in [3.63, 3.8) is 0 Å². The van der Waals surface area contributed by atoms with Crippen molar-refractivity contribution in [2.24, 2.45) is 0 Å². The normalized spacial score (nSPS) is 21.6. The number of fused-ring (bicyclic) bond motifs is 2. The summed E-state index contributed by atoms with van der Waals surface area (Å²) < 4.78 is 13.1. The van der Waals surface area contributed by atoms with E-state index in [4.69, 9.17) is 19.1 Å². The largest absolute Gasteiger partial charge is 0.462 e. The van der Waals surface area contributed by atoms with Crippen LogP contribution in [0.2, 0.25) is 18.1 Å². The fourth-order valence-corrected chi connectivity index (χ4v) is 8.27. The molecule has 3 aromatic rings. The number of carbonyl (C=O) groups excluding carboxylic acids is 1. The lowest BCUT2D eigenvalue weighted by molar-refractivity contribution is -0.128. The van der Waals surface area contributed by atoms with Crippen molar-refractivity contribution in [2.75, 3.05) is 49.1 Å². The van der Waals surface area contributed by atoms with Crippen molar-refractivity contribution in [1.29, 1.82) is 5.26 Å².